The summed E-state index contributed by atoms with van der Waals surface area (Å²) in [4.78, 5) is 22.1. The van der Waals surface area contributed by atoms with E-state index in [2.05, 4.69) is 5.32 Å². The van der Waals surface area contributed by atoms with Gasteiger partial charge in [0, 0.05) is 6.54 Å². The van der Waals surface area contributed by atoms with Crippen molar-refractivity contribution < 1.29 is 14.7 Å². The number of carboxylic acid groups (broad SMARTS) is 1. The Hall–Kier alpha value is -1.56. The van der Waals surface area contributed by atoms with Crippen LogP contribution in [0.3, 0.4) is 0 Å². The molecule has 1 amide bonds. The van der Waals surface area contributed by atoms with E-state index in [1.165, 1.54) is 11.3 Å². The molecule has 0 spiro atoms. The van der Waals surface area contributed by atoms with E-state index in [4.69, 9.17) is 10.8 Å². The molecule has 1 rings (SSSR count). The van der Waals surface area contributed by atoms with Gasteiger partial charge in [0.05, 0.1) is 17.0 Å². The molecule has 0 aliphatic carbocycles. The number of hydrogen-bond donors (Lipinski definition) is 3. The molecule has 0 aromatic carbocycles. The Kier molecular flexibility index (Phi) is 3.68. The summed E-state index contributed by atoms with van der Waals surface area (Å²) in [6, 6.07) is 0. The maximum Gasteiger partial charge on any atom is 0.307 e. The topological polar surface area (TPSA) is 92.4 Å². The molecule has 1 aromatic heterocycles. The molecule has 0 bridgehead atoms. The zero-order valence-electron chi connectivity index (χ0n) is 8.24. The van der Waals surface area contributed by atoms with Crippen LogP contribution in [0.2, 0.25) is 0 Å². The Morgan fingerprint density at radius 2 is 2.27 bits per heavy atom. The standard InChI is InChI=1S/C9H12N2O3S/c1-2-11-9(14)7-5(3-6(12)13)4-15-8(7)10/h4H,2-3,10H2,1H3,(H,11,14)(H,12,13). The Balaban J connectivity index is 2.98. The minimum atomic E-state index is -0.974. The Labute approximate surface area is 90.9 Å². The lowest BCUT2D eigenvalue weighted by Gasteiger charge is -2.03. The second kappa shape index (κ2) is 4.79. The number of carboxylic acids is 1. The molecule has 0 unspecified atom stereocenters. The molecule has 6 heteroatoms. The highest BCUT2D eigenvalue weighted by Gasteiger charge is 2.18. The van der Waals surface area contributed by atoms with Crippen molar-refractivity contribution in [1.82, 2.24) is 5.32 Å². The molecule has 0 aliphatic heterocycles. The number of aliphatic carboxylic acids is 1. The Morgan fingerprint density at radius 3 is 2.80 bits per heavy atom. The van der Waals surface area contributed by atoms with Gasteiger partial charge in [0.15, 0.2) is 0 Å². The van der Waals surface area contributed by atoms with E-state index in [0.717, 1.165) is 0 Å². The molecule has 5 nitrogen and oxygen atoms in total. The second-order valence-electron chi connectivity index (χ2n) is 2.93. The van der Waals surface area contributed by atoms with E-state index in [1.54, 1.807) is 12.3 Å². The fraction of sp³-hybridized carbons (Fsp3) is 0.333. The number of carbonyl (C=O) groups is 2. The van der Waals surface area contributed by atoms with Gasteiger partial charge >= 0.3 is 5.97 Å². The van der Waals surface area contributed by atoms with Crippen molar-refractivity contribution in [3.05, 3.63) is 16.5 Å². The summed E-state index contributed by atoms with van der Waals surface area (Å²) in [6.07, 6.45) is -0.180. The number of nitrogens with two attached hydrogens (primary N) is 1. The van der Waals surface area contributed by atoms with E-state index < -0.39 is 5.97 Å². The van der Waals surface area contributed by atoms with Crippen molar-refractivity contribution in [2.24, 2.45) is 0 Å². The number of amides is 1. The molecule has 1 aromatic rings. The monoisotopic (exact) mass is 228 g/mol. The highest BCUT2D eigenvalue weighted by atomic mass is 32.1. The molecule has 0 saturated heterocycles. The van der Waals surface area contributed by atoms with Crippen molar-refractivity contribution in [2.45, 2.75) is 13.3 Å². The highest BCUT2D eigenvalue weighted by molar-refractivity contribution is 7.14. The van der Waals surface area contributed by atoms with Gasteiger partial charge in [0.2, 0.25) is 0 Å². The van der Waals surface area contributed by atoms with E-state index in [9.17, 15) is 9.59 Å². The number of carbonyl (C=O) groups excluding carboxylic acids is 1. The van der Waals surface area contributed by atoms with E-state index >= 15 is 0 Å². The summed E-state index contributed by atoms with van der Waals surface area (Å²) < 4.78 is 0. The molecule has 4 N–H and O–H groups in total. The fourth-order valence-electron chi connectivity index (χ4n) is 1.21. The van der Waals surface area contributed by atoms with Gasteiger partial charge in [-0.1, -0.05) is 0 Å². The van der Waals surface area contributed by atoms with Gasteiger partial charge in [-0.2, -0.15) is 0 Å². The average molecular weight is 228 g/mol. The molecule has 0 saturated carbocycles. The second-order valence-corrected chi connectivity index (χ2v) is 3.84. The lowest BCUT2D eigenvalue weighted by atomic mass is 10.1. The van der Waals surface area contributed by atoms with Crippen LogP contribution in [-0.4, -0.2) is 23.5 Å². The van der Waals surface area contributed by atoms with Crippen molar-refractivity contribution in [3.63, 3.8) is 0 Å². The number of hydrogen-bond acceptors (Lipinski definition) is 4. The molecule has 15 heavy (non-hydrogen) atoms. The summed E-state index contributed by atoms with van der Waals surface area (Å²) in [5, 5.41) is 13.2. The molecule has 0 fully saturated rings. The average Bonchev–Trinajstić information content (AvgIpc) is 2.46. The zero-order valence-corrected chi connectivity index (χ0v) is 9.06. The van der Waals surface area contributed by atoms with Gasteiger partial charge in [-0.05, 0) is 17.9 Å². The first-order valence-electron chi connectivity index (χ1n) is 4.42. The number of nitrogen functional groups attached to an aromatic ring is 1. The Morgan fingerprint density at radius 1 is 1.60 bits per heavy atom. The van der Waals surface area contributed by atoms with Crippen molar-refractivity contribution in [3.8, 4) is 0 Å². The summed E-state index contributed by atoms with van der Waals surface area (Å²) >= 11 is 1.18. The fourth-order valence-corrected chi connectivity index (χ4v) is 2.02. The Bertz CT molecular complexity index is 387. The predicted octanol–water partition coefficient (Wildman–Crippen LogP) is 0.707. The SMILES string of the molecule is CCNC(=O)c1c(CC(=O)O)csc1N. The first-order valence-corrected chi connectivity index (χ1v) is 5.30. The van der Waals surface area contributed by atoms with E-state index in [0.29, 0.717) is 22.7 Å². The summed E-state index contributed by atoms with van der Waals surface area (Å²) in [5.74, 6) is -1.29. The van der Waals surface area contributed by atoms with Crippen LogP contribution >= 0.6 is 11.3 Å². The number of rotatable bonds is 4. The lowest BCUT2D eigenvalue weighted by Crippen LogP contribution is -2.24. The molecule has 1 heterocycles. The maximum absolute atomic E-state index is 11.6. The van der Waals surface area contributed by atoms with Crippen LogP contribution in [0, 0.1) is 0 Å². The largest absolute Gasteiger partial charge is 0.481 e. The number of thiophene rings is 1. The minimum absolute atomic E-state index is 0.180. The zero-order chi connectivity index (χ0) is 11.4. The van der Waals surface area contributed by atoms with E-state index in [1.807, 2.05) is 0 Å². The third kappa shape index (κ3) is 2.69. The molecule has 0 radical (unpaired) electrons. The summed E-state index contributed by atoms with van der Waals surface area (Å²) in [6.45, 7) is 2.28. The molecular formula is C9H12N2O3S. The van der Waals surface area contributed by atoms with E-state index in [-0.39, 0.29) is 12.3 Å². The predicted molar refractivity (Wildman–Crippen MR) is 58.1 cm³/mol. The lowest BCUT2D eigenvalue weighted by molar-refractivity contribution is -0.136. The van der Waals surface area contributed by atoms with Gasteiger partial charge in [-0.15, -0.1) is 11.3 Å². The van der Waals surface area contributed by atoms with Crippen LogP contribution in [0.4, 0.5) is 5.00 Å². The van der Waals surface area contributed by atoms with Gasteiger partial charge in [-0.25, -0.2) is 0 Å². The van der Waals surface area contributed by atoms with Gasteiger partial charge in [0.25, 0.3) is 5.91 Å². The van der Waals surface area contributed by atoms with Crippen LogP contribution in [-0.2, 0) is 11.2 Å². The first-order chi connectivity index (χ1) is 7.06. The van der Waals surface area contributed by atoms with Crippen LogP contribution < -0.4 is 11.1 Å². The van der Waals surface area contributed by atoms with Gasteiger partial charge < -0.3 is 16.2 Å². The normalized spacial score (nSPS) is 9.93. The highest BCUT2D eigenvalue weighted by Crippen LogP contribution is 2.25. The number of anilines is 1. The number of nitrogens with one attached hydrogen (secondary N) is 1. The van der Waals surface area contributed by atoms with Crippen LogP contribution in [0.5, 0.6) is 0 Å². The quantitative estimate of drug-likeness (QED) is 0.707. The summed E-state index contributed by atoms with van der Waals surface area (Å²) in [7, 11) is 0. The van der Waals surface area contributed by atoms with Crippen molar-refractivity contribution in [2.75, 3.05) is 12.3 Å². The third-order valence-corrected chi connectivity index (χ3v) is 2.66. The molecule has 0 atom stereocenters. The van der Waals surface area contributed by atoms with Crippen molar-refractivity contribution >= 4 is 28.2 Å². The minimum Gasteiger partial charge on any atom is -0.481 e. The summed E-state index contributed by atoms with van der Waals surface area (Å²) in [5.41, 5.74) is 6.38. The molecule has 82 valence electrons. The van der Waals surface area contributed by atoms with Crippen LogP contribution in [0.25, 0.3) is 0 Å². The maximum atomic E-state index is 11.6. The smallest absolute Gasteiger partial charge is 0.307 e. The van der Waals surface area contributed by atoms with Gasteiger partial charge in [-0.3, -0.25) is 9.59 Å². The van der Waals surface area contributed by atoms with Gasteiger partial charge in [0.1, 0.15) is 0 Å². The van der Waals surface area contributed by atoms with Crippen LogP contribution in [0.1, 0.15) is 22.8 Å². The molecular weight excluding hydrogens is 216 g/mol. The molecule has 0 aliphatic rings. The van der Waals surface area contributed by atoms with Crippen LogP contribution in [0.15, 0.2) is 5.38 Å². The third-order valence-electron chi connectivity index (χ3n) is 1.80. The first kappa shape index (κ1) is 11.5. The van der Waals surface area contributed by atoms with Crippen molar-refractivity contribution in [1.29, 1.82) is 0 Å².